The van der Waals surface area contributed by atoms with E-state index in [1.807, 2.05) is 24.3 Å². The Bertz CT molecular complexity index is 629. The van der Waals surface area contributed by atoms with Crippen LogP contribution in [0.3, 0.4) is 0 Å². The molecule has 0 saturated carbocycles. The summed E-state index contributed by atoms with van der Waals surface area (Å²) in [6, 6.07) is 7.65. The number of hydrogen-bond acceptors (Lipinski definition) is 4. The van der Waals surface area contributed by atoms with Crippen molar-refractivity contribution in [1.29, 1.82) is 0 Å². The smallest absolute Gasteiger partial charge is 0.381 e. The number of halogens is 1. The molecule has 1 unspecified atom stereocenters. The van der Waals surface area contributed by atoms with E-state index in [0.29, 0.717) is 24.9 Å². The molecule has 1 saturated heterocycles. The van der Waals surface area contributed by atoms with Gasteiger partial charge in [-0.1, -0.05) is 33.2 Å². The minimum atomic E-state index is -0.415. The lowest BCUT2D eigenvalue weighted by molar-refractivity contribution is 0.182. The maximum atomic E-state index is 11.8. The van der Waals surface area contributed by atoms with Crippen LogP contribution in [0.4, 0.5) is 0 Å². The van der Waals surface area contributed by atoms with Crippen molar-refractivity contribution < 1.29 is 9.26 Å². The lowest BCUT2D eigenvalue weighted by Gasteiger charge is -2.09. The second kappa shape index (κ2) is 5.30. The summed E-state index contributed by atoms with van der Waals surface area (Å²) in [6.45, 7) is 2.04. The predicted molar refractivity (Wildman–Crippen MR) is 72.8 cm³/mol. The molecular formula is C13H13BrN2O3. The van der Waals surface area contributed by atoms with Crippen molar-refractivity contribution in [3.8, 4) is 11.4 Å². The third-order valence-electron chi connectivity index (χ3n) is 3.23. The summed E-state index contributed by atoms with van der Waals surface area (Å²) in [6.07, 6.45) is 0.968. The van der Waals surface area contributed by atoms with E-state index in [9.17, 15) is 4.79 Å². The molecule has 3 rings (SSSR count). The number of ether oxygens (including phenoxy) is 1. The fourth-order valence-corrected chi connectivity index (χ4v) is 2.65. The van der Waals surface area contributed by atoms with Gasteiger partial charge < -0.3 is 4.74 Å². The Labute approximate surface area is 118 Å². The minimum absolute atomic E-state index is 0.350. The lowest BCUT2D eigenvalue weighted by Crippen LogP contribution is -2.21. The van der Waals surface area contributed by atoms with Crippen LogP contribution in [0.2, 0.25) is 0 Å². The van der Waals surface area contributed by atoms with E-state index in [-0.39, 0.29) is 0 Å². The van der Waals surface area contributed by atoms with Crippen LogP contribution in [0.25, 0.3) is 11.4 Å². The predicted octanol–water partition coefficient (Wildman–Crippen LogP) is 2.30. The van der Waals surface area contributed by atoms with Gasteiger partial charge in [0.05, 0.1) is 6.61 Å². The molecule has 1 aliphatic rings. The average molecular weight is 325 g/mol. The summed E-state index contributed by atoms with van der Waals surface area (Å²) in [4.78, 5) is 11.8. The fraction of sp³-hybridized carbons (Fsp3) is 0.385. The first-order valence-electron chi connectivity index (χ1n) is 6.14. The Hall–Kier alpha value is -1.40. The molecule has 1 fully saturated rings. The number of aromatic nitrogens is 2. The monoisotopic (exact) mass is 324 g/mol. The first-order valence-corrected chi connectivity index (χ1v) is 6.93. The summed E-state index contributed by atoms with van der Waals surface area (Å²) in [5, 5.41) is 3.88. The molecule has 5 nitrogen and oxygen atoms in total. The summed E-state index contributed by atoms with van der Waals surface area (Å²) < 4.78 is 12.7. The van der Waals surface area contributed by atoms with Gasteiger partial charge in [0.1, 0.15) is 0 Å². The Morgan fingerprint density at radius 3 is 3.11 bits per heavy atom. The topological polar surface area (TPSA) is 57.3 Å². The van der Waals surface area contributed by atoms with E-state index in [1.54, 1.807) is 4.57 Å². The molecule has 1 aromatic carbocycles. The van der Waals surface area contributed by atoms with E-state index in [1.165, 1.54) is 0 Å². The van der Waals surface area contributed by atoms with Crippen LogP contribution in [0.1, 0.15) is 6.42 Å². The largest absolute Gasteiger partial charge is 0.441 e. The van der Waals surface area contributed by atoms with E-state index < -0.39 is 5.76 Å². The standard InChI is InChI=1S/C13H13BrN2O3/c14-11-3-1-2-10(6-11)12-15-19-13(17)16(12)7-9-4-5-18-8-9/h1-3,6,9H,4-5,7-8H2. The van der Waals surface area contributed by atoms with Crippen LogP contribution in [0.15, 0.2) is 38.1 Å². The molecule has 2 heterocycles. The Morgan fingerprint density at radius 2 is 2.37 bits per heavy atom. The molecule has 1 aromatic heterocycles. The van der Waals surface area contributed by atoms with E-state index in [0.717, 1.165) is 23.1 Å². The van der Waals surface area contributed by atoms with Crippen LogP contribution in [-0.2, 0) is 11.3 Å². The molecule has 0 aliphatic carbocycles. The fourth-order valence-electron chi connectivity index (χ4n) is 2.25. The van der Waals surface area contributed by atoms with Gasteiger partial charge in [-0.15, -0.1) is 0 Å². The van der Waals surface area contributed by atoms with Crippen molar-refractivity contribution in [2.45, 2.75) is 13.0 Å². The molecule has 19 heavy (non-hydrogen) atoms. The van der Waals surface area contributed by atoms with Gasteiger partial charge in [-0.2, -0.15) is 0 Å². The Balaban J connectivity index is 1.95. The molecule has 2 aromatic rings. The number of rotatable bonds is 3. The van der Waals surface area contributed by atoms with E-state index in [2.05, 4.69) is 21.1 Å². The number of benzene rings is 1. The summed E-state index contributed by atoms with van der Waals surface area (Å²) in [5.41, 5.74) is 0.860. The van der Waals surface area contributed by atoms with Crippen molar-refractivity contribution in [2.75, 3.05) is 13.2 Å². The summed E-state index contributed by atoms with van der Waals surface area (Å²) in [5.74, 6) is 0.503. The molecule has 100 valence electrons. The first kappa shape index (κ1) is 12.6. The third-order valence-corrected chi connectivity index (χ3v) is 3.73. The van der Waals surface area contributed by atoms with Crippen molar-refractivity contribution in [2.24, 2.45) is 5.92 Å². The molecule has 0 N–H and O–H groups in total. The summed E-state index contributed by atoms with van der Waals surface area (Å²) >= 11 is 3.41. The second-order valence-corrected chi connectivity index (χ2v) is 5.54. The van der Waals surface area contributed by atoms with Gasteiger partial charge in [-0.05, 0) is 18.6 Å². The number of nitrogens with zero attached hydrogens (tertiary/aromatic N) is 2. The van der Waals surface area contributed by atoms with Gasteiger partial charge in [0.2, 0.25) is 0 Å². The van der Waals surface area contributed by atoms with Crippen molar-refractivity contribution in [3.63, 3.8) is 0 Å². The van der Waals surface area contributed by atoms with E-state index >= 15 is 0 Å². The van der Waals surface area contributed by atoms with E-state index in [4.69, 9.17) is 9.26 Å². The van der Waals surface area contributed by atoms with Gasteiger partial charge in [-0.25, -0.2) is 4.79 Å². The maximum absolute atomic E-state index is 11.8. The zero-order valence-corrected chi connectivity index (χ0v) is 11.8. The third kappa shape index (κ3) is 2.64. The molecule has 0 spiro atoms. The van der Waals surface area contributed by atoms with Crippen LogP contribution in [0, 0.1) is 5.92 Å². The van der Waals surface area contributed by atoms with Crippen molar-refractivity contribution >= 4 is 15.9 Å². The molecule has 6 heteroatoms. The molecule has 1 atom stereocenters. The van der Waals surface area contributed by atoms with Crippen molar-refractivity contribution in [1.82, 2.24) is 9.72 Å². The highest BCUT2D eigenvalue weighted by molar-refractivity contribution is 9.10. The first-order chi connectivity index (χ1) is 9.24. The lowest BCUT2D eigenvalue weighted by atomic mass is 10.1. The van der Waals surface area contributed by atoms with Gasteiger partial charge in [-0.3, -0.25) is 9.09 Å². The van der Waals surface area contributed by atoms with Gasteiger partial charge in [0.15, 0.2) is 5.82 Å². The van der Waals surface area contributed by atoms with Gasteiger partial charge in [0.25, 0.3) is 0 Å². The highest BCUT2D eigenvalue weighted by Crippen LogP contribution is 2.22. The van der Waals surface area contributed by atoms with Gasteiger partial charge in [0, 0.05) is 29.1 Å². The Morgan fingerprint density at radius 1 is 1.47 bits per heavy atom. The molecule has 0 amide bonds. The average Bonchev–Trinajstić information content (AvgIpc) is 3.01. The minimum Gasteiger partial charge on any atom is -0.381 e. The zero-order valence-electron chi connectivity index (χ0n) is 10.2. The molecule has 0 bridgehead atoms. The highest BCUT2D eigenvalue weighted by Gasteiger charge is 2.21. The maximum Gasteiger partial charge on any atom is 0.441 e. The zero-order chi connectivity index (χ0) is 13.2. The van der Waals surface area contributed by atoms with Crippen molar-refractivity contribution in [3.05, 3.63) is 39.3 Å². The van der Waals surface area contributed by atoms with Crippen LogP contribution < -0.4 is 5.76 Å². The highest BCUT2D eigenvalue weighted by atomic mass is 79.9. The Kier molecular flexibility index (Phi) is 3.52. The van der Waals surface area contributed by atoms with Crippen LogP contribution in [-0.4, -0.2) is 22.9 Å². The van der Waals surface area contributed by atoms with Crippen LogP contribution >= 0.6 is 15.9 Å². The molecule has 1 aliphatic heterocycles. The normalized spacial score (nSPS) is 18.9. The number of hydrogen-bond donors (Lipinski definition) is 0. The van der Waals surface area contributed by atoms with Gasteiger partial charge >= 0.3 is 5.76 Å². The summed E-state index contributed by atoms with van der Waals surface area (Å²) in [7, 11) is 0. The second-order valence-electron chi connectivity index (χ2n) is 4.62. The van der Waals surface area contributed by atoms with Crippen LogP contribution in [0.5, 0.6) is 0 Å². The quantitative estimate of drug-likeness (QED) is 0.869. The SMILES string of the molecule is O=c1onc(-c2cccc(Br)c2)n1CC1CCOC1. The molecular weight excluding hydrogens is 312 g/mol. The molecule has 0 radical (unpaired) electrons.